The molecule has 1 radical (unpaired) electrons. The molecule has 11 unspecified atom stereocenters. The van der Waals surface area contributed by atoms with E-state index in [2.05, 4.69) is 66.9 Å². The second kappa shape index (κ2) is 28.8. The van der Waals surface area contributed by atoms with E-state index in [4.69, 9.17) is 23.7 Å². The number of aliphatic hydroxyl groups is 4. The quantitative estimate of drug-likeness (QED) is 0.0421. The van der Waals surface area contributed by atoms with Gasteiger partial charge in [0, 0.05) is 74.7 Å². The maximum atomic E-state index is 15.6. The van der Waals surface area contributed by atoms with Gasteiger partial charge in [-0.25, -0.2) is 14.4 Å². The molecule has 2 aromatic rings. The number of amides is 1. The summed E-state index contributed by atoms with van der Waals surface area (Å²) < 4.78 is 30.1. The first kappa shape index (κ1) is 65.0. The van der Waals surface area contributed by atoms with Crippen molar-refractivity contribution in [1.29, 1.82) is 0 Å². The number of carbonyl (C=O) groups is 5. The average molecular weight is 1300 g/mol. The Morgan fingerprint density at radius 3 is 1.84 bits per heavy atom. The maximum absolute atomic E-state index is 15.6. The maximum Gasteiger partial charge on any atom is 0.408 e. The molecule has 1 aliphatic heterocycles. The predicted octanol–water partition coefficient (Wildman–Crippen LogP) is 9.72. The number of esters is 3. The van der Waals surface area contributed by atoms with Crippen LogP contribution in [0.4, 0.5) is 4.79 Å². The summed E-state index contributed by atoms with van der Waals surface area (Å²) in [7, 11) is 0. The third kappa shape index (κ3) is 15.4. The molecule has 3 aliphatic carbocycles. The monoisotopic (exact) mass is 1300 g/mol. The fourth-order valence-electron chi connectivity index (χ4n) is 11.4. The average Bonchev–Trinajstić information content (AvgIpc) is 3.30. The van der Waals surface area contributed by atoms with Crippen LogP contribution < -0.4 is 5.32 Å². The summed E-state index contributed by atoms with van der Waals surface area (Å²) in [4.78, 5) is 71.2. The smallest absolute Gasteiger partial charge is 0.408 e. The van der Waals surface area contributed by atoms with Crippen LogP contribution in [0.3, 0.4) is 0 Å². The van der Waals surface area contributed by atoms with Gasteiger partial charge >= 0.3 is 24.0 Å². The molecule has 1 saturated heterocycles. The predicted molar refractivity (Wildman–Crippen MR) is 295 cm³/mol. The summed E-state index contributed by atoms with van der Waals surface area (Å²) in [6.07, 6.45) is 19.1. The van der Waals surface area contributed by atoms with Gasteiger partial charge in [0.25, 0.3) is 0 Å². The number of carbonyl (C=O) groups excluding carboxylic acids is 5. The minimum atomic E-state index is -2.39. The van der Waals surface area contributed by atoms with Crippen LogP contribution in [-0.2, 0) is 38.1 Å². The number of fused-ring (bicyclic) bond motifs is 5. The number of ether oxygens (including phenoxy) is 5. The van der Waals surface area contributed by atoms with Gasteiger partial charge in [-0.3, -0.25) is 9.59 Å². The van der Waals surface area contributed by atoms with E-state index in [9.17, 15) is 39.6 Å². The molecule has 425 valence electrons. The van der Waals surface area contributed by atoms with Crippen molar-refractivity contribution in [3.63, 3.8) is 0 Å². The number of rotatable bonds is 22. The van der Waals surface area contributed by atoms with Crippen molar-refractivity contribution < 1.29 is 112 Å². The number of hydrogen-bond donors (Lipinski definition) is 5. The molecule has 79 heavy (non-hydrogen) atoms. The number of ketones is 1. The minimum absolute atomic E-state index is 0. The van der Waals surface area contributed by atoms with E-state index in [1.54, 1.807) is 83.1 Å². The second-order valence-electron chi connectivity index (χ2n) is 22.4. The molecule has 16 heteroatoms. The first-order valence-electron chi connectivity index (χ1n) is 27.3. The van der Waals surface area contributed by atoms with Gasteiger partial charge in [-0.1, -0.05) is 142 Å². The molecule has 2 bridgehead atoms. The van der Waals surface area contributed by atoms with Crippen LogP contribution >= 0.6 is 0 Å². The van der Waals surface area contributed by atoms with Crippen molar-refractivity contribution in [2.75, 3.05) is 6.61 Å². The van der Waals surface area contributed by atoms with Crippen molar-refractivity contribution in [2.45, 2.75) is 179 Å². The van der Waals surface area contributed by atoms with Gasteiger partial charge < -0.3 is 49.4 Å². The van der Waals surface area contributed by atoms with E-state index in [-0.39, 0.29) is 80.2 Å². The molecule has 3 fully saturated rings. The van der Waals surface area contributed by atoms with Crippen LogP contribution in [-0.4, -0.2) is 110 Å². The normalized spacial score (nSPS) is 28.4. The van der Waals surface area contributed by atoms with Crippen LogP contribution in [0.5, 0.6) is 0 Å². The van der Waals surface area contributed by atoms with E-state index in [1.165, 1.54) is 26.0 Å². The standard InChI is InChI=1S/C63H81NO14.Ac/c1-9-10-11-12-13-14-15-16-17-18-19-20-21-22-23-24-25-26-33-38-48(65)76-46-39-47-62(72,41-74-47)53-55(77-56(69)44-36-31-28-32-37-44)63(73)40-45(42(2)49(60(63,6)7)51(66)54(68)61(46,53)8)75-57(70)52(67)50(43-34-29-27-30-35-43)64-58(71)78-59(3,4)5;/h10-11,13-14,16-17,19-20,22-23,25-32,34-37,45-47,50-53,55,66-67,72-73H,9,12,15,18,21,24,33,38-41H2,1-8H3,(H,64,71);/b11-10-,14-13-,17-16-,20-19-,23-22-,26-25-;. The van der Waals surface area contributed by atoms with Crippen LogP contribution in [0, 0.1) is 60.8 Å². The second-order valence-corrected chi connectivity index (χ2v) is 22.4. The molecule has 15 nitrogen and oxygen atoms in total. The van der Waals surface area contributed by atoms with E-state index in [1.807, 2.05) is 18.2 Å². The van der Waals surface area contributed by atoms with Crippen molar-refractivity contribution in [1.82, 2.24) is 5.32 Å². The zero-order valence-electron chi connectivity index (χ0n) is 47.0. The first-order chi connectivity index (χ1) is 37.0. The molecular formula is C63H81AcNO14. The minimum Gasteiger partial charge on any atom is -0.461 e. The third-order valence-corrected chi connectivity index (χ3v) is 15.6. The molecule has 1 heterocycles. The zero-order chi connectivity index (χ0) is 56.9. The number of Topliss-reactive ketones (excluding diaryl/α,β-unsaturated/α-hetero) is 1. The van der Waals surface area contributed by atoms with Crippen LogP contribution in [0.15, 0.2) is 145 Å². The molecule has 11 atom stereocenters. The zero-order valence-corrected chi connectivity index (χ0v) is 51.8. The molecule has 5 N–H and O–H groups in total. The summed E-state index contributed by atoms with van der Waals surface area (Å²) >= 11 is 0. The van der Waals surface area contributed by atoms with Crippen LogP contribution in [0.1, 0.15) is 142 Å². The Hall–Kier alpha value is -4.79. The van der Waals surface area contributed by atoms with Gasteiger partial charge in [-0.15, -0.1) is 0 Å². The molecular weight excluding hydrogens is 1220 g/mol. The van der Waals surface area contributed by atoms with E-state index in [0.29, 0.717) is 18.4 Å². The van der Waals surface area contributed by atoms with E-state index >= 15 is 4.79 Å². The number of allylic oxidation sites excluding steroid dienone is 12. The van der Waals surface area contributed by atoms with Gasteiger partial charge in [0.2, 0.25) is 0 Å². The number of alkyl carbamates (subject to hydrolysis) is 1. The van der Waals surface area contributed by atoms with Crippen molar-refractivity contribution >= 4 is 29.8 Å². The largest absolute Gasteiger partial charge is 0.461 e. The number of benzene rings is 2. The third-order valence-electron chi connectivity index (χ3n) is 15.6. The summed E-state index contributed by atoms with van der Waals surface area (Å²) in [5.74, 6) is -5.33. The van der Waals surface area contributed by atoms with Gasteiger partial charge in [0.1, 0.15) is 41.2 Å². The summed E-state index contributed by atoms with van der Waals surface area (Å²) in [5.41, 5.74) is -8.51. The van der Waals surface area contributed by atoms with Crippen molar-refractivity contribution in [3.05, 3.63) is 156 Å². The van der Waals surface area contributed by atoms with Gasteiger partial charge in [-0.05, 0) is 108 Å². The van der Waals surface area contributed by atoms with E-state index in [0.717, 1.165) is 32.1 Å². The van der Waals surface area contributed by atoms with Gasteiger partial charge in [-0.2, -0.15) is 0 Å². The Bertz CT molecular complexity index is 2630. The van der Waals surface area contributed by atoms with Gasteiger partial charge in [0.15, 0.2) is 11.9 Å². The molecule has 0 aromatic heterocycles. The Kier molecular flexibility index (Phi) is 23.7. The fraction of sp³-hybridized carbons (Fsp3) is 0.508. The van der Waals surface area contributed by atoms with Crippen LogP contribution in [0.2, 0.25) is 0 Å². The fourth-order valence-corrected chi connectivity index (χ4v) is 11.4. The Labute approximate surface area is 501 Å². The molecule has 4 aliphatic rings. The number of hydrogen-bond acceptors (Lipinski definition) is 14. The molecule has 6 rings (SSSR count). The Morgan fingerprint density at radius 2 is 1.32 bits per heavy atom. The molecule has 2 saturated carbocycles. The Morgan fingerprint density at radius 1 is 0.785 bits per heavy atom. The topological polar surface area (TPSA) is 224 Å². The van der Waals surface area contributed by atoms with Crippen LogP contribution in [0.25, 0.3) is 0 Å². The van der Waals surface area contributed by atoms with Crippen molar-refractivity contribution in [2.24, 2.45) is 16.7 Å². The molecule has 0 spiro atoms. The molecule has 2 aromatic carbocycles. The Balaban J connectivity index is 0.0000115. The summed E-state index contributed by atoms with van der Waals surface area (Å²) in [6.45, 7) is 12.8. The SMILES string of the molecule is CC/C=C\C/C=C\C/C=C\C/C=C\C/C=C\C/C=C\CCC(=O)OC1CC2OCC2(O)C2C(OC(=O)c3ccccc3)C3(O)CC(OC(=O)C(O)C(NC(=O)OC(C)(C)C)c4ccccc4)C(C)=C(C(O)C(=O)C12C)C3(C)C.[Ac]. The molecule has 1 amide bonds. The van der Waals surface area contributed by atoms with Crippen molar-refractivity contribution in [3.8, 4) is 0 Å². The summed E-state index contributed by atoms with van der Waals surface area (Å²) in [5, 5.41) is 53.4. The first-order valence-corrected chi connectivity index (χ1v) is 27.3. The summed E-state index contributed by atoms with van der Waals surface area (Å²) in [6, 6.07) is 14.7. The van der Waals surface area contributed by atoms with E-state index < -0.39 is 112 Å². The van der Waals surface area contributed by atoms with Gasteiger partial charge in [0.05, 0.1) is 29.7 Å². The number of aliphatic hydroxyl groups excluding tert-OH is 2. The number of nitrogens with one attached hydrogen (secondary N) is 1.